The third-order valence-corrected chi connectivity index (χ3v) is 2.41. The van der Waals surface area contributed by atoms with Crippen molar-refractivity contribution in [1.29, 1.82) is 0 Å². The molecule has 0 aliphatic heterocycles. The molecule has 5 heteroatoms. The standard InChI is InChI=1S/C12H10ClNO3/c1-2-16-12(15)11-10(7-17-14-11)8-4-3-5-9(13)6-8/h3-7H,2H2,1H3. The van der Waals surface area contributed by atoms with Gasteiger partial charge in [-0.25, -0.2) is 4.79 Å². The Morgan fingerprint density at radius 1 is 1.53 bits per heavy atom. The van der Waals surface area contributed by atoms with Gasteiger partial charge in [0.15, 0.2) is 5.69 Å². The highest BCUT2D eigenvalue weighted by Gasteiger charge is 2.18. The van der Waals surface area contributed by atoms with Crippen LogP contribution >= 0.6 is 11.6 Å². The maximum Gasteiger partial charge on any atom is 0.361 e. The van der Waals surface area contributed by atoms with Crippen LogP contribution in [0.3, 0.4) is 0 Å². The molecule has 0 saturated carbocycles. The Morgan fingerprint density at radius 2 is 2.35 bits per heavy atom. The van der Waals surface area contributed by atoms with Crippen LogP contribution in [-0.2, 0) is 4.74 Å². The third-order valence-electron chi connectivity index (χ3n) is 2.17. The van der Waals surface area contributed by atoms with E-state index in [1.165, 1.54) is 6.26 Å². The van der Waals surface area contributed by atoms with Gasteiger partial charge in [-0.1, -0.05) is 28.9 Å². The van der Waals surface area contributed by atoms with Gasteiger partial charge < -0.3 is 9.26 Å². The predicted molar refractivity (Wildman–Crippen MR) is 62.9 cm³/mol. The average Bonchev–Trinajstić information content (AvgIpc) is 2.78. The number of benzene rings is 1. The summed E-state index contributed by atoms with van der Waals surface area (Å²) in [6.45, 7) is 2.03. The molecule has 0 radical (unpaired) electrons. The predicted octanol–water partition coefficient (Wildman–Crippen LogP) is 3.17. The third kappa shape index (κ3) is 2.47. The average molecular weight is 252 g/mol. The normalized spacial score (nSPS) is 10.2. The smallest absolute Gasteiger partial charge is 0.361 e. The summed E-state index contributed by atoms with van der Waals surface area (Å²) in [5.74, 6) is -0.503. The first-order chi connectivity index (χ1) is 8.22. The topological polar surface area (TPSA) is 52.3 Å². The summed E-state index contributed by atoms with van der Waals surface area (Å²) in [6.07, 6.45) is 1.40. The van der Waals surface area contributed by atoms with Crippen molar-refractivity contribution in [2.75, 3.05) is 6.61 Å². The maximum atomic E-state index is 11.6. The van der Waals surface area contributed by atoms with Crippen LogP contribution in [-0.4, -0.2) is 17.7 Å². The van der Waals surface area contributed by atoms with Crippen LogP contribution < -0.4 is 0 Å². The molecule has 0 bridgehead atoms. The van der Waals surface area contributed by atoms with Crippen LogP contribution in [0.1, 0.15) is 17.4 Å². The molecule has 88 valence electrons. The lowest BCUT2D eigenvalue weighted by molar-refractivity contribution is 0.0515. The number of carbonyl (C=O) groups is 1. The molecule has 4 nitrogen and oxygen atoms in total. The van der Waals surface area contributed by atoms with Gasteiger partial charge in [-0.05, 0) is 24.6 Å². The fraction of sp³-hybridized carbons (Fsp3) is 0.167. The molecule has 17 heavy (non-hydrogen) atoms. The summed E-state index contributed by atoms with van der Waals surface area (Å²) in [6, 6.07) is 7.10. The summed E-state index contributed by atoms with van der Waals surface area (Å²) >= 11 is 5.89. The first-order valence-corrected chi connectivity index (χ1v) is 5.47. The second kappa shape index (κ2) is 5.01. The molecular weight excluding hydrogens is 242 g/mol. The number of aromatic nitrogens is 1. The van der Waals surface area contributed by atoms with Gasteiger partial charge in [-0.2, -0.15) is 0 Å². The molecule has 1 heterocycles. The number of hydrogen-bond acceptors (Lipinski definition) is 4. The fourth-order valence-electron chi connectivity index (χ4n) is 1.44. The van der Waals surface area contributed by atoms with E-state index in [-0.39, 0.29) is 5.69 Å². The molecule has 1 aromatic heterocycles. The molecule has 2 rings (SSSR count). The van der Waals surface area contributed by atoms with E-state index in [9.17, 15) is 4.79 Å². The minimum atomic E-state index is -0.503. The van der Waals surface area contributed by atoms with E-state index in [4.69, 9.17) is 20.9 Å². The molecule has 0 N–H and O–H groups in total. The molecule has 0 aliphatic rings. The number of halogens is 1. The number of hydrogen-bond donors (Lipinski definition) is 0. The number of ether oxygens (including phenoxy) is 1. The first kappa shape index (κ1) is 11.7. The van der Waals surface area contributed by atoms with Gasteiger partial charge in [0.05, 0.1) is 12.2 Å². The minimum absolute atomic E-state index is 0.161. The largest absolute Gasteiger partial charge is 0.461 e. The van der Waals surface area contributed by atoms with E-state index >= 15 is 0 Å². The summed E-state index contributed by atoms with van der Waals surface area (Å²) in [7, 11) is 0. The highest BCUT2D eigenvalue weighted by atomic mass is 35.5. The number of esters is 1. The van der Waals surface area contributed by atoms with Crippen molar-refractivity contribution in [3.05, 3.63) is 41.2 Å². The lowest BCUT2D eigenvalue weighted by atomic mass is 10.1. The number of rotatable bonds is 3. The molecule has 2 aromatic rings. The molecule has 0 aliphatic carbocycles. The highest BCUT2D eigenvalue weighted by Crippen LogP contribution is 2.25. The lowest BCUT2D eigenvalue weighted by Gasteiger charge is -2.01. The molecule has 0 spiro atoms. The van der Waals surface area contributed by atoms with Gasteiger partial charge in [-0.3, -0.25) is 0 Å². The molecule has 0 amide bonds. The zero-order chi connectivity index (χ0) is 12.3. The van der Waals surface area contributed by atoms with E-state index < -0.39 is 5.97 Å². The molecule has 0 atom stereocenters. The molecule has 0 fully saturated rings. The van der Waals surface area contributed by atoms with Crippen LogP contribution in [0.2, 0.25) is 5.02 Å². The van der Waals surface area contributed by atoms with Crippen molar-refractivity contribution in [2.24, 2.45) is 0 Å². The Morgan fingerprint density at radius 3 is 3.06 bits per heavy atom. The molecule has 0 unspecified atom stereocenters. The number of nitrogens with zero attached hydrogens (tertiary/aromatic N) is 1. The van der Waals surface area contributed by atoms with Gasteiger partial charge in [-0.15, -0.1) is 0 Å². The van der Waals surface area contributed by atoms with Crippen molar-refractivity contribution in [3.8, 4) is 11.1 Å². The first-order valence-electron chi connectivity index (χ1n) is 5.09. The van der Waals surface area contributed by atoms with Crippen LogP contribution in [0.15, 0.2) is 35.1 Å². The summed E-state index contributed by atoms with van der Waals surface area (Å²) in [4.78, 5) is 11.6. The molecule has 0 saturated heterocycles. The summed E-state index contributed by atoms with van der Waals surface area (Å²) < 4.78 is 9.70. The van der Waals surface area contributed by atoms with Gasteiger partial charge >= 0.3 is 5.97 Å². The van der Waals surface area contributed by atoms with Crippen LogP contribution in [0, 0.1) is 0 Å². The molecular formula is C12H10ClNO3. The van der Waals surface area contributed by atoms with Crippen LogP contribution in [0.4, 0.5) is 0 Å². The van der Waals surface area contributed by atoms with Gasteiger partial charge in [0.1, 0.15) is 6.26 Å². The van der Waals surface area contributed by atoms with Crippen molar-refractivity contribution < 1.29 is 14.1 Å². The Balaban J connectivity index is 2.40. The fourth-order valence-corrected chi connectivity index (χ4v) is 1.63. The van der Waals surface area contributed by atoms with Crippen LogP contribution in [0.25, 0.3) is 11.1 Å². The highest BCUT2D eigenvalue weighted by molar-refractivity contribution is 6.30. The maximum absolute atomic E-state index is 11.6. The van der Waals surface area contributed by atoms with Crippen molar-refractivity contribution in [1.82, 2.24) is 5.16 Å². The summed E-state index contributed by atoms with van der Waals surface area (Å²) in [5, 5.41) is 4.23. The second-order valence-corrected chi connectivity index (χ2v) is 3.74. The van der Waals surface area contributed by atoms with E-state index in [0.29, 0.717) is 17.2 Å². The monoisotopic (exact) mass is 251 g/mol. The Labute approximate surface area is 103 Å². The van der Waals surface area contributed by atoms with E-state index in [1.807, 2.05) is 6.07 Å². The zero-order valence-corrected chi connectivity index (χ0v) is 9.90. The molecule has 1 aromatic carbocycles. The Kier molecular flexibility index (Phi) is 3.44. The summed E-state index contributed by atoms with van der Waals surface area (Å²) in [5.41, 5.74) is 1.50. The zero-order valence-electron chi connectivity index (χ0n) is 9.14. The van der Waals surface area contributed by atoms with Gasteiger partial charge in [0.2, 0.25) is 0 Å². The minimum Gasteiger partial charge on any atom is -0.461 e. The quantitative estimate of drug-likeness (QED) is 0.787. The lowest BCUT2D eigenvalue weighted by Crippen LogP contribution is -2.06. The second-order valence-electron chi connectivity index (χ2n) is 3.31. The Hall–Kier alpha value is -1.81. The number of carbonyl (C=O) groups excluding carboxylic acids is 1. The van der Waals surface area contributed by atoms with Crippen molar-refractivity contribution >= 4 is 17.6 Å². The van der Waals surface area contributed by atoms with E-state index in [1.54, 1.807) is 25.1 Å². The van der Waals surface area contributed by atoms with Crippen LogP contribution in [0.5, 0.6) is 0 Å². The Bertz CT molecular complexity index is 536. The van der Waals surface area contributed by atoms with E-state index in [0.717, 1.165) is 5.56 Å². The SMILES string of the molecule is CCOC(=O)c1nocc1-c1cccc(Cl)c1. The van der Waals surface area contributed by atoms with Gasteiger partial charge in [0, 0.05) is 5.02 Å². The van der Waals surface area contributed by atoms with Crippen molar-refractivity contribution in [2.45, 2.75) is 6.92 Å². The van der Waals surface area contributed by atoms with Crippen molar-refractivity contribution in [3.63, 3.8) is 0 Å². The van der Waals surface area contributed by atoms with Gasteiger partial charge in [0.25, 0.3) is 0 Å². The van der Waals surface area contributed by atoms with E-state index in [2.05, 4.69) is 5.16 Å².